The molecule has 0 aliphatic heterocycles. The van der Waals surface area contributed by atoms with E-state index in [-0.39, 0.29) is 0 Å². The Labute approximate surface area is 59.7 Å². The van der Waals surface area contributed by atoms with E-state index in [1.165, 1.54) is 0 Å². The van der Waals surface area contributed by atoms with Crippen LogP contribution in [0.1, 0.15) is 25.7 Å². The summed E-state index contributed by atoms with van der Waals surface area (Å²) in [7, 11) is 0. The molecule has 0 bridgehead atoms. The third-order valence-corrected chi connectivity index (χ3v) is 2.09. The van der Waals surface area contributed by atoms with Crippen molar-refractivity contribution in [3.63, 3.8) is 0 Å². The van der Waals surface area contributed by atoms with Gasteiger partial charge in [-0.05, 0) is 19.3 Å². The molecule has 1 aliphatic rings. The van der Waals surface area contributed by atoms with Crippen LogP contribution in [0.25, 0.3) is 0 Å². The Kier molecular flexibility index (Phi) is 2.06. The first-order valence-corrected chi connectivity index (χ1v) is 3.56. The highest BCUT2D eigenvalue weighted by Crippen LogP contribution is 2.26. The molecule has 0 radical (unpaired) electrons. The second-order valence-corrected chi connectivity index (χ2v) is 2.87. The third kappa shape index (κ3) is 1.20. The van der Waals surface area contributed by atoms with Crippen molar-refractivity contribution >= 4 is 6.29 Å². The zero-order valence-corrected chi connectivity index (χ0v) is 5.79. The lowest BCUT2D eigenvalue weighted by Crippen LogP contribution is -2.46. The van der Waals surface area contributed by atoms with Crippen LogP contribution < -0.4 is 0 Å². The second-order valence-electron chi connectivity index (χ2n) is 2.87. The van der Waals surface area contributed by atoms with E-state index in [1.807, 2.05) is 0 Å². The van der Waals surface area contributed by atoms with Crippen LogP contribution in [0.15, 0.2) is 0 Å². The minimum Gasteiger partial charge on any atom is -0.390 e. The van der Waals surface area contributed by atoms with Gasteiger partial charge in [-0.15, -0.1) is 0 Å². The van der Waals surface area contributed by atoms with E-state index in [0.29, 0.717) is 19.1 Å². The molecule has 2 atom stereocenters. The molecular formula is C7H12O3. The van der Waals surface area contributed by atoms with Crippen molar-refractivity contribution in [3.8, 4) is 0 Å². The maximum absolute atomic E-state index is 10.3. The zero-order valence-electron chi connectivity index (χ0n) is 5.79. The molecule has 0 spiro atoms. The molecule has 10 heavy (non-hydrogen) atoms. The number of aliphatic hydroxyl groups excluding tert-OH is 1. The molecule has 0 aromatic heterocycles. The van der Waals surface area contributed by atoms with Crippen LogP contribution in [-0.4, -0.2) is 28.2 Å². The molecule has 1 saturated carbocycles. The fraction of sp³-hybridized carbons (Fsp3) is 0.857. The molecule has 1 rings (SSSR count). The van der Waals surface area contributed by atoms with Crippen LogP contribution in [0, 0.1) is 0 Å². The van der Waals surface area contributed by atoms with Crippen molar-refractivity contribution in [2.24, 2.45) is 0 Å². The minimum atomic E-state index is -1.45. The third-order valence-electron chi connectivity index (χ3n) is 2.09. The van der Waals surface area contributed by atoms with Crippen molar-refractivity contribution in [1.82, 2.24) is 0 Å². The number of hydrogen-bond acceptors (Lipinski definition) is 3. The van der Waals surface area contributed by atoms with Crippen molar-refractivity contribution < 1.29 is 15.0 Å². The Hall–Kier alpha value is -0.410. The van der Waals surface area contributed by atoms with Crippen LogP contribution in [0.5, 0.6) is 0 Å². The van der Waals surface area contributed by atoms with Gasteiger partial charge in [-0.3, -0.25) is 0 Å². The number of rotatable bonds is 1. The van der Waals surface area contributed by atoms with Crippen LogP contribution in [0.3, 0.4) is 0 Å². The van der Waals surface area contributed by atoms with Gasteiger partial charge in [-0.25, -0.2) is 0 Å². The first-order chi connectivity index (χ1) is 4.69. The van der Waals surface area contributed by atoms with E-state index in [1.54, 1.807) is 0 Å². The Morgan fingerprint density at radius 2 is 2.20 bits per heavy atom. The summed E-state index contributed by atoms with van der Waals surface area (Å²) in [5.41, 5.74) is -1.45. The molecule has 0 unspecified atom stereocenters. The maximum Gasteiger partial charge on any atom is 0.154 e. The molecule has 0 amide bonds. The number of aldehydes is 1. The molecule has 3 nitrogen and oxygen atoms in total. The molecule has 58 valence electrons. The summed E-state index contributed by atoms with van der Waals surface area (Å²) in [6.07, 6.45) is 2.27. The summed E-state index contributed by atoms with van der Waals surface area (Å²) < 4.78 is 0. The molecule has 0 heterocycles. The molecule has 1 aliphatic carbocycles. The Balaban J connectivity index is 2.62. The van der Waals surface area contributed by atoms with E-state index in [0.717, 1.165) is 12.8 Å². The van der Waals surface area contributed by atoms with Gasteiger partial charge < -0.3 is 15.0 Å². The fourth-order valence-electron chi connectivity index (χ4n) is 1.30. The predicted molar refractivity (Wildman–Crippen MR) is 35.5 cm³/mol. The molecule has 0 aromatic carbocycles. The van der Waals surface area contributed by atoms with E-state index >= 15 is 0 Å². The normalized spacial score (nSPS) is 41.2. The lowest BCUT2D eigenvalue weighted by molar-refractivity contribution is -0.142. The van der Waals surface area contributed by atoms with Gasteiger partial charge in [0.2, 0.25) is 0 Å². The summed E-state index contributed by atoms with van der Waals surface area (Å²) in [6.45, 7) is 0. The highest BCUT2D eigenvalue weighted by atomic mass is 16.3. The highest BCUT2D eigenvalue weighted by Gasteiger charge is 2.37. The SMILES string of the molecule is O=C[C@]1(O)CCCC[C@H]1O. The van der Waals surface area contributed by atoms with E-state index < -0.39 is 11.7 Å². The number of carbonyl (C=O) groups is 1. The summed E-state index contributed by atoms with van der Waals surface area (Å²) in [4.78, 5) is 10.3. The first-order valence-electron chi connectivity index (χ1n) is 3.56. The zero-order chi connectivity index (χ0) is 7.61. The lowest BCUT2D eigenvalue weighted by atomic mass is 9.83. The van der Waals surface area contributed by atoms with Crippen molar-refractivity contribution in [2.45, 2.75) is 37.4 Å². The standard InChI is InChI=1S/C7H12O3/c8-5-7(10)4-2-1-3-6(7)9/h5-6,9-10H,1-4H2/t6-,7-/m1/s1. The smallest absolute Gasteiger partial charge is 0.154 e. The molecule has 0 aromatic rings. The van der Waals surface area contributed by atoms with Gasteiger partial charge in [-0.2, -0.15) is 0 Å². The molecule has 2 N–H and O–H groups in total. The molecule has 1 fully saturated rings. The van der Waals surface area contributed by atoms with Gasteiger partial charge in [0.25, 0.3) is 0 Å². The topological polar surface area (TPSA) is 57.5 Å². The Bertz CT molecular complexity index is 135. The van der Waals surface area contributed by atoms with Gasteiger partial charge >= 0.3 is 0 Å². The van der Waals surface area contributed by atoms with E-state index in [2.05, 4.69) is 0 Å². The van der Waals surface area contributed by atoms with Crippen molar-refractivity contribution in [1.29, 1.82) is 0 Å². The van der Waals surface area contributed by atoms with Crippen LogP contribution in [-0.2, 0) is 4.79 Å². The summed E-state index contributed by atoms with van der Waals surface area (Å²) >= 11 is 0. The van der Waals surface area contributed by atoms with Gasteiger partial charge in [0, 0.05) is 0 Å². The van der Waals surface area contributed by atoms with E-state index in [9.17, 15) is 9.90 Å². The summed E-state index contributed by atoms with van der Waals surface area (Å²) in [5, 5.41) is 18.5. The van der Waals surface area contributed by atoms with Gasteiger partial charge in [-0.1, -0.05) is 6.42 Å². The van der Waals surface area contributed by atoms with E-state index in [4.69, 9.17) is 5.11 Å². The number of carbonyl (C=O) groups excluding carboxylic acids is 1. The largest absolute Gasteiger partial charge is 0.390 e. The molecule has 3 heteroatoms. The molecular weight excluding hydrogens is 132 g/mol. The summed E-state index contributed by atoms with van der Waals surface area (Å²) in [6, 6.07) is 0. The van der Waals surface area contributed by atoms with Crippen LogP contribution >= 0.6 is 0 Å². The van der Waals surface area contributed by atoms with Gasteiger partial charge in [0.05, 0.1) is 6.10 Å². The lowest BCUT2D eigenvalue weighted by Gasteiger charge is -2.31. The quantitative estimate of drug-likeness (QED) is 0.503. The number of aliphatic hydroxyl groups is 2. The fourth-order valence-corrected chi connectivity index (χ4v) is 1.30. The van der Waals surface area contributed by atoms with Gasteiger partial charge in [0.15, 0.2) is 6.29 Å². The highest BCUT2D eigenvalue weighted by molar-refractivity contribution is 5.63. The predicted octanol–water partition coefficient (Wildman–Crippen LogP) is -0.149. The second kappa shape index (κ2) is 2.68. The Morgan fingerprint density at radius 1 is 1.50 bits per heavy atom. The average Bonchev–Trinajstić information content (AvgIpc) is 1.96. The van der Waals surface area contributed by atoms with Gasteiger partial charge in [0.1, 0.15) is 5.60 Å². The summed E-state index contributed by atoms with van der Waals surface area (Å²) in [5.74, 6) is 0. The Morgan fingerprint density at radius 3 is 2.60 bits per heavy atom. The monoisotopic (exact) mass is 144 g/mol. The number of hydrogen-bond donors (Lipinski definition) is 2. The van der Waals surface area contributed by atoms with Crippen LogP contribution in [0.2, 0.25) is 0 Å². The van der Waals surface area contributed by atoms with Crippen molar-refractivity contribution in [3.05, 3.63) is 0 Å². The average molecular weight is 144 g/mol. The minimum absolute atomic E-state index is 0.400. The first kappa shape index (κ1) is 7.69. The maximum atomic E-state index is 10.3. The molecule has 0 saturated heterocycles. The van der Waals surface area contributed by atoms with Crippen LogP contribution in [0.4, 0.5) is 0 Å². The van der Waals surface area contributed by atoms with Crippen molar-refractivity contribution in [2.75, 3.05) is 0 Å².